The summed E-state index contributed by atoms with van der Waals surface area (Å²) in [5.41, 5.74) is -0.338. The van der Waals surface area contributed by atoms with Crippen LogP contribution in [0, 0.1) is 17.7 Å². The van der Waals surface area contributed by atoms with Gasteiger partial charge in [-0.15, -0.1) is 0 Å². The van der Waals surface area contributed by atoms with Crippen molar-refractivity contribution in [2.75, 3.05) is 5.32 Å². The van der Waals surface area contributed by atoms with Gasteiger partial charge in [-0.1, -0.05) is 13.8 Å². The average molecular weight is 266 g/mol. The molecule has 1 fully saturated rings. The van der Waals surface area contributed by atoms with Crippen LogP contribution in [-0.4, -0.2) is 22.1 Å². The van der Waals surface area contributed by atoms with Crippen molar-refractivity contribution in [1.82, 2.24) is 4.98 Å². The smallest absolute Gasteiger partial charge is 0.338 e. The Morgan fingerprint density at radius 3 is 2.79 bits per heavy atom. The van der Waals surface area contributed by atoms with Gasteiger partial charge in [-0.3, -0.25) is 0 Å². The molecular weight excluding hydrogens is 247 g/mol. The van der Waals surface area contributed by atoms with Crippen molar-refractivity contribution in [3.8, 4) is 0 Å². The number of carboxylic acid groups (broad SMARTS) is 1. The van der Waals surface area contributed by atoms with E-state index in [0.29, 0.717) is 11.8 Å². The monoisotopic (exact) mass is 266 g/mol. The highest BCUT2D eigenvalue weighted by molar-refractivity contribution is 5.88. The molecule has 0 saturated heterocycles. The van der Waals surface area contributed by atoms with E-state index in [4.69, 9.17) is 5.11 Å². The van der Waals surface area contributed by atoms with Crippen LogP contribution in [0.1, 0.15) is 43.5 Å². The highest BCUT2D eigenvalue weighted by atomic mass is 19.1. The van der Waals surface area contributed by atoms with E-state index in [1.165, 1.54) is 12.3 Å². The predicted octanol–water partition coefficient (Wildman–Crippen LogP) is 3.16. The van der Waals surface area contributed by atoms with E-state index in [2.05, 4.69) is 24.1 Å². The summed E-state index contributed by atoms with van der Waals surface area (Å²) in [6.45, 7) is 4.42. The molecule has 2 rings (SSSR count). The predicted molar refractivity (Wildman–Crippen MR) is 70.7 cm³/mol. The molecule has 104 valence electrons. The molecule has 1 aliphatic carbocycles. The number of nitrogens with zero attached hydrogens (tertiary/aromatic N) is 1. The molecule has 0 spiro atoms. The zero-order chi connectivity index (χ0) is 14.0. The van der Waals surface area contributed by atoms with Crippen LogP contribution in [0.25, 0.3) is 0 Å². The normalized spacial score (nSPS) is 27.0. The summed E-state index contributed by atoms with van der Waals surface area (Å²) >= 11 is 0. The molecule has 1 aromatic rings. The van der Waals surface area contributed by atoms with Gasteiger partial charge in [0.1, 0.15) is 5.56 Å². The number of aromatic nitrogens is 1. The second kappa shape index (κ2) is 5.55. The van der Waals surface area contributed by atoms with E-state index < -0.39 is 11.8 Å². The van der Waals surface area contributed by atoms with Gasteiger partial charge in [0, 0.05) is 12.2 Å². The van der Waals surface area contributed by atoms with Gasteiger partial charge in [-0.25, -0.2) is 14.2 Å². The minimum Gasteiger partial charge on any atom is -0.478 e. The molecule has 19 heavy (non-hydrogen) atoms. The molecule has 0 aliphatic heterocycles. The Labute approximate surface area is 112 Å². The van der Waals surface area contributed by atoms with Gasteiger partial charge in [-0.2, -0.15) is 0 Å². The van der Waals surface area contributed by atoms with Gasteiger partial charge < -0.3 is 10.4 Å². The van der Waals surface area contributed by atoms with Gasteiger partial charge in [0.2, 0.25) is 0 Å². The van der Waals surface area contributed by atoms with E-state index in [0.717, 1.165) is 19.3 Å². The summed E-state index contributed by atoms with van der Waals surface area (Å²) < 4.78 is 13.9. The van der Waals surface area contributed by atoms with E-state index in [1.54, 1.807) is 0 Å². The number of rotatable bonds is 3. The topological polar surface area (TPSA) is 62.2 Å². The van der Waals surface area contributed by atoms with Crippen molar-refractivity contribution in [1.29, 1.82) is 0 Å². The van der Waals surface area contributed by atoms with Crippen molar-refractivity contribution < 1.29 is 14.3 Å². The summed E-state index contributed by atoms with van der Waals surface area (Å²) in [4.78, 5) is 14.8. The lowest BCUT2D eigenvalue weighted by Gasteiger charge is -2.32. The van der Waals surface area contributed by atoms with E-state index in [9.17, 15) is 9.18 Å². The number of anilines is 1. The lowest BCUT2D eigenvalue weighted by Crippen LogP contribution is -2.31. The van der Waals surface area contributed by atoms with Crippen LogP contribution in [-0.2, 0) is 0 Å². The molecule has 1 aliphatic rings. The summed E-state index contributed by atoms with van der Waals surface area (Å²) in [7, 11) is 0. The first-order chi connectivity index (χ1) is 8.99. The highest BCUT2D eigenvalue weighted by Crippen LogP contribution is 2.31. The lowest BCUT2D eigenvalue weighted by molar-refractivity contribution is 0.0692. The molecule has 1 aromatic heterocycles. The lowest BCUT2D eigenvalue weighted by atomic mass is 9.79. The van der Waals surface area contributed by atoms with Crippen LogP contribution in [0.15, 0.2) is 12.3 Å². The van der Waals surface area contributed by atoms with Crippen LogP contribution < -0.4 is 5.32 Å². The molecule has 1 heterocycles. The number of aromatic carboxylic acids is 1. The molecule has 0 bridgehead atoms. The van der Waals surface area contributed by atoms with E-state index in [-0.39, 0.29) is 17.4 Å². The summed E-state index contributed by atoms with van der Waals surface area (Å²) in [5, 5.41) is 11.9. The first-order valence-corrected chi connectivity index (χ1v) is 6.63. The Kier molecular flexibility index (Phi) is 4.02. The van der Waals surface area contributed by atoms with Crippen LogP contribution in [0.2, 0.25) is 0 Å². The van der Waals surface area contributed by atoms with Crippen molar-refractivity contribution in [2.24, 2.45) is 11.8 Å². The van der Waals surface area contributed by atoms with E-state index in [1.807, 2.05) is 0 Å². The number of pyridine rings is 1. The summed E-state index contributed by atoms with van der Waals surface area (Å²) in [6, 6.07) is 1.34. The fraction of sp³-hybridized carbons (Fsp3) is 0.571. The fourth-order valence-corrected chi connectivity index (χ4v) is 2.58. The number of halogens is 1. The number of carbonyl (C=O) groups is 1. The summed E-state index contributed by atoms with van der Waals surface area (Å²) in [5.74, 6) is -0.736. The maximum atomic E-state index is 13.9. The molecule has 5 heteroatoms. The third kappa shape index (κ3) is 3.03. The average Bonchev–Trinajstić information content (AvgIpc) is 2.36. The van der Waals surface area contributed by atoms with Gasteiger partial charge in [0.05, 0.1) is 0 Å². The molecule has 1 saturated carbocycles. The van der Waals surface area contributed by atoms with Gasteiger partial charge in [-0.05, 0) is 37.2 Å². The maximum Gasteiger partial charge on any atom is 0.338 e. The standard InChI is InChI=1S/C14H19FN2O2/c1-8-3-4-10(7-9(8)2)17-13-12(15)11(14(18)19)5-6-16-13/h5-6,8-10H,3-4,7H2,1-2H3,(H,16,17)(H,18,19). The van der Waals surface area contributed by atoms with Crippen LogP contribution in [0.4, 0.5) is 10.2 Å². The number of hydrogen-bond donors (Lipinski definition) is 2. The summed E-state index contributed by atoms with van der Waals surface area (Å²) in [6.07, 6.45) is 4.34. The van der Waals surface area contributed by atoms with Gasteiger partial charge >= 0.3 is 5.97 Å². The third-order valence-electron chi connectivity index (χ3n) is 4.06. The molecule has 4 nitrogen and oxygen atoms in total. The minimum absolute atomic E-state index is 0.0478. The second-order valence-corrected chi connectivity index (χ2v) is 5.44. The maximum absolute atomic E-state index is 13.9. The Balaban J connectivity index is 2.11. The van der Waals surface area contributed by atoms with E-state index >= 15 is 0 Å². The zero-order valence-corrected chi connectivity index (χ0v) is 11.2. The molecule has 2 N–H and O–H groups in total. The van der Waals surface area contributed by atoms with Crippen LogP contribution in [0.5, 0.6) is 0 Å². The quantitative estimate of drug-likeness (QED) is 0.882. The number of nitrogens with one attached hydrogen (secondary N) is 1. The Morgan fingerprint density at radius 1 is 1.42 bits per heavy atom. The van der Waals surface area contributed by atoms with Crippen molar-refractivity contribution in [3.05, 3.63) is 23.6 Å². The molecular formula is C14H19FN2O2. The fourth-order valence-electron chi connectivity index (χ4n) is 2.58. The first kappa shape index (κ1) is 13.8. The molecule has 3 unspecified atom stereocenters. The van der Waals surface area contributed by atoms with Crippen molar-refractivity contribution in [2.45, 2.75) is 39.2 Å². The van der Waals surface area contributed by atoms with Gasteiger partial charge in [0.25, 0.3) is 0 Å². The number of hydrogen-bond acceptors (Lipinski definition) is 3. The largest absolute Gasteiger partial charge is 0.478 e. The molecule has 0 radical (unpaired) electrons. The van der Waals surface area contributed by atoms with Crippen molar-refractivity contribution in [3.63, 3.8) is 0 Å². The number of carboxylic acids is 1. The SMILES string of the molecule is CC1CCC(Nc2nccc(C(=O)O)c2F)CC1C. The highest BCUT2D eigenvalue weighted by Gasteiger charge is 2.26. The van der Waals surface area contributed by atoms with Crippen molar-refractivity contribution >= 4 is 11.8 Å². The molecule has 0 amide bonds. The van der Waals surface area contributed by atoms with Crippen LogP contribution in [0.3, 0.4) is 0 Å². The minimum atomic E-state index is -1.27. The molecule has 0 aromatic carbocycles. The Hall–Kier alpha value is -1.65. The second-order valence-electron chi connectivity index (χ2n) is 5.44. The third-order valence-corrected chi connectivity index (χ3v) is 4.06. The Bertz CT molecular complexity index is 479. The first-order valence-electron chi connectivity index (χ1n) is 6.63. The zero-order valence-electron chi connectivity index (χ0n) is 11.2. The molecule has 3 atom stereocenters. The van der Waals surface area contributed by atoms with Crippen LogP contribution >= 0.6 is 0 Å². The Morgan fingerprint density at radius 2 is 2.16 bits per heavy atom. The van der Waals surface area contributed by atoms with Gasteiger partial charge in [0.15, 0.2) is 11.6 Å².